The Hall–Kier alpha value is -2.15. The van der Waals surface area contributed by atoms with Crippen LogP contribution in [0.2, 0.25) is 0 Å². The molecule has 1 atom stereocenters. The average molecular weight is 331 g/mol. The van der Waals surface area contributed by atoms with Gasteiger partial charge >= 0.3 is 0 Å². The van der Waals surface area contributed by atoms with Gasteiger partial charge in [-0.25, -0.2) is 18.1 Å². The van der Waals surface area contributed by atoms with E-state index in [0.29, 0.717) is 18.1 Å². The lowest BCUT2D eigenvalue weighted by atomic mass is 10.1. The summed E-state index contributed by atoms with van der Waals surface area (Å²) in [5.41, 5.74) is 1.75. The second-order valence-corrected chi connectivity index (χ2v) is 8.32. The quantitative estimate of drug-likeness (QED) is 0.721. The van der Waals surface area contributed by atoms with Gasteiger partial charge in [0.15, 0.2) is 15.7 Å². The molecule has 0 amide bonds. The van der Waals surface area contributed by atoms with Crippen molar-refractivity contribution in [1.82, 2.24) is 14.8 Å². The number of benzene rings is 1. The molecule has 4 rings (SSSR count). The van der Waals surface area contributed by atoms with E-state index in [1.807, 2.05) is 38.1 Å². The van der Waals surface area contributed by atoms with E-state index < -0.39 is 9.84 Å². The van der Waals surface area contributed by atoms with Crippen LogP contribution in [0.1, 0.15) is 24.0 Å². The highest BCUT2D eigenvalue weighted by molar-refractivity contribution is 7.91. The molecule has 0 saturated carbocycles. The van der Waals surface area contributed by atoms with Gasteiger partial charge in [0.2, 0.25) is 0 Å². The van der Waals surface area contributed by atoms with Crippen LogP contribution >= 0.6 is 0 Å². The van der Waals surface area contributed by atoms with E-state index >= 15 is 0 Å². The molecule has 0 N–H and O–H groups in total. The molecule has 0 aliphatic carbocycles. The van der Waals surface area contributed by atoms with Crippen LogP contribution in [0.15, 0.2) is 28.7 Å². The lowest BCUT2D eigenvalue weighted by Crippen LogP contribution is -2.13. The fourth-order valence-electron chi connectivity index (χ4n) is 3.16. The minimum absolute atomic E-state index is 0.135. The van der Waals surface area contributed by atoms with Crippen molar-refractivity contribution in [2.24, 2.45) is 0 Å². The Bertz CT molecular complexity index is 1000. The van der Waals surface area contributed by atoms with Crippen LogP contribution in [0, 0.1) is 13.8 Å². The van der Waals surface area contributed by atoms with Crippen LogP contribution in [-0.2, 0) is 9.84 Å². The van der Waals surface area contributed by atoms with E-state index in [4.69, 9.17) is 4.42 Å². The van der Waals surface area contributed by atoms with Crippen LogP contribution < -0.4 is 0 Å². The third-order valence-electron chi connectivity index (χ3n) is 4.19. The van der Waals surface area contributed by atoms with Crippen LogP contribution in [0.4, 0.5) is 0 Å². The highest BCUT2D eigenvalue weighted by atomic mass is 32.2. The number of hydrogen-bond donors (Lipinski definition) is 0. The van der Waals surface area contributed by atoms with Crippen molar-refractivity contribution in [2.75, 3.05) is 11.5 Å². The molecule has 1 aromatic carbocycles. The summed E-state index contributed by atoms with van der Waals surface area (Å²) in [7, 11) is -2.97. The smallest absolute Gasteiger partial charge is 0.158 e. The largest absolute Gasteiger partial charge is 0.461 e. The van der Waals surface area contributed by atoms with Crippen LogP contribution in [0.3, 0.4) is 0 Å². The molecule has 0 radical (unpaired) electrons. The Balaban J connectivity index is 1.81. The zero-order valence-electron chi connectivity index (χ0n) is 13.0. The number of aryl methyl sites for hydroxylation is 2. The fourth-order valence-corrected chi connectivity index (χ4v) is 4.86. The molecule has 2 aromatic heterocycles. The van der Waals surface area contributed by atoms with Gasteiger partial charge in [-0.1, -0.05) is 0 Å². The van der Waals surface area contributed by atoms with Gasteiger partial charge in [0.05, 0.1) is 17.5 Å². The number of hydrogen-bond acceptors (Lipinski definition) is 5. The van der Waals surface area contributed by atoms with E-state index in [0.717, 1.165) is 22.3 Å². The van der Waals surface area contributed by atoms with Crippen molar-refractivity contribution in [3.63, 3.8) is 0 Å². The summed E-state index contributed by atoms with van der Waals surface area (Å²) in [6, 6.07) is 7.70. The van der Waals surface area contributed by atoms with Crippen molar-refractivity contribution in [2.45, 2.75) is 26.3 Å². The van der Waals surface area contributed by atoms with Crippen molar-refractivity contribution in [3.05, 3.63) is 35.9 Å². The SMILES string of the molecule is Cc1nc(-c2ccc3oc(C)cc3c2)n(C2CCS(=O)(=O)C2)n1. The molecule has 1 saturated heterocycles. The number of aromatic nitrogens is 3. The van der Waals surface area contributed by atoms with Crippen molar-refractivity contribution >= 4 is 20.8 Å². The lowest BCUT2D eigenvalue weighted by molar-refractivity contribution is 0.501. The van der Waals surface area contributed by atoms with Gasteiger partial charge in [-0.3, -0.25) is 0 Å². The highest BCUT2D eigenvalue weighted by Crippen LogP contribution is 2.30. The molecular weight excluding hydrogens is 314 g/mol. The summed E-state index contributed by atoms with van der Waals surface area (Å²) < 4.78 is 30.9. The third kappa shape index (κ3) is 2.55. The van der Waals surface area contributed by atoms with Gasteiger partial charge in [0, 0.05) is 10.9 Å². The molecule has 1 fully saturated rings. The van der Waals surface area contributed by atoms with E-state index in [9.17, 15) is 8.42 Å². The van der Waals surface area contributed by atoms with Gasteiger partial charge in [0.25, 0.3) is 0 Å². The maximum absolute atomic E-state index is 11.8. The molecule has 1 unspecified atom stereocenters. The zero-order chi connectivity index (χ0) is 16.2. The molecule has 1 aliphatic heterocycles. The summed E-state index contributed by atoms with van der Waals surface area (Å²) in [6.45, 7) is 3.74. The van der Waals surface area contributed by atoms with Gasteiger partial charge in [-0.2, -0.15) is 5.10 Å². The maximum atomic E-state index is 11.8. The number of furan rings is 1. The first-order valence-electron chi connectivity index (χ1n) is 7.55. The minimum atomic E-state index is -2.97. The second kappa shape index (κ2) is 4.92. The first kappa shape index (κ1) is 14.4. The Labute approximate surface area is 134 Å². The molecule has 23 heavy (non-hydrogen) atoms. The minimum Gasteiger partial charge on any atom is -0.461 e. The van der Waals surface area contributed by atoms with Gasteiger partial charge in [0.1, 0.15) is 17.2 Å². The second-order valence-electron chi connectivity index (χ2n) is 6.09. The highest BCUT2D eigenvalue weighted by Gasteiger charge is 2.31. The first-order valence-corrected chi connectivity index (χ1v) is 9.37. The topological polar surface area (TPSA) is 78.0 Å². The van der Waals surface area contributed by atoms with Crippen LogP contribution in [0.5, 0.6) is 0 Å². The predicted octanol–water partition coefficient (Wildman–Crippen LogP) is 2.67. The molecule has 6 nitrogen and oxygen atoms in total. The predicted molar refractivity (Wildman–Crippen MR) is 87.0 cm³/mol. The van der Waals surface area contributed by atoms with Gasteiger partial charge in [-0.05, 0) is 44.5 Å². The molecule has 1 aliphatic rings. The molecular formula is C16H17N3O3S. The third-order valence-corrected chi connectivity index (χ3v) is 5.94. The van der Waals surface area contributed by atoms with E-state index in [1.54, 1.807) is 4.68 Å². The molecule has 3 aromatic rings. The average Bonchev–Trinajstić information content (AvgIpc) is 3.13. The molecule has 7 heteroatoms. The van der Waals surface area contributed by atoms with Gasteiger partial charge < -0.3 is 4.42 Å². The lowest BCUT2D eigenvalue weighted by Gasteiger charge is -2.11. The summed E-state index contributed by atoms with van der Waals surface area (Å²) in [5, 5.41) is 5.44. The molecule has 0 bridgehead atoms. The summed E-state index contributed by atoms with van der Waals surface area (Å²) in [6.07, 6.45) is 0.588. The zero-order valence-corrected chi connectivity index (χ0v) is 13.8. The summed E-state index contributed by atoms with van der Waals surface area (Å²) >= 11 is 0. The number of fused-ring (bicyclic) bond motifs is 1. The number of sulfone groups is 1. The Kier molecular flexibility index (Phi) is 3.09. The fraction of sp³-hybridized carbons (Fsp3) is 0.375. The standard InChI is InChI=1S/C16H17N3O3S/c1-10-7-13-8-12(3-4-15(13)22-10)16-17-11(2)18-19(16)14-5-6-23(20,21)9-14/h3-4,7-8,14H,5-6,9H2,1-2H3. The van der Waals surface area contributed by atoms with Crippen LogP contribution in [0.25, 0.3) is 22.4 Å². The van der Waals surface area contributed by atoms with Gasteiger partial charge in [-0.15, -0.1) is 0 Å². The first-order chi connectivity index (χ1) is 10.9. The van der Waals surface area contributed by atoms with Crippen molar-refractivity contribution < 1.29 is 12.8 Å². The Morgan fingerprint density at radius 1 is 1.26 bits per heavy atom. The normalized spacial score (nSPS) is 20.3. The molecule has 0 spiro atoms. The summed E-state index contributed by atoms with van der Waals surface area (Å²) in [4.78, 5) is 4.51. The van der Waals surface area contributed by atoms with Crippen molar-refractivity contribution in [3.8, 4) is 11.4 Å². The Morgan fingerprint density at radius 2 is 2.09 bits per heavy atom. The Morgan fingerprint density at radius 3 is 2.83 bits per heavy atom. The maximum Gasteiger partial charge on any atom is 0.158 e. The number of nitrogens with zero attached hydrogens (tertiary/aromatic N) is 3. The van der Waals surface area contributed by atoms with Crippen LogP contribution in [-0.4, -0.2) is 34.7 Å². The van der Waals surface area contributed by atoms with E-state index in [1.165, 1.54) is 0 Å². The molecule has 3 heterocycles. The monoisotopic (exact) mass is 331 g/mol. The number of rotatable bonds is 2. The van der Waals surface area contributed by atoms with E-state index in [-0.39, 0.29) is 17.5 Å². The van der Waals surface area contributed by atoms with E-state index in [2.05, 4.69) is 10.1 Å². The molecule has 120 valence electrons. The van der Waals surface area contributed by atoms with Crippen molar-refractivity contribution in [1.29, 1.82) is 0 Å². The summed E-state index contributed by atoms with van der Waals surface area (Å²) in [5.74, 6) is 2.57.